The fourth-order valence-electron chi connectivity index (χ4n) is 1.55. The molecule has 1 rings (SSSR count). The van der Waals surface area contributed by atoms with Gasteiger partial charge in [-0.2, -0.15) is 0 Å². The zero-order chi connectivity index (χ0) is 9.40. The van der Waals surface area contributed by atoms with E-state index >= 15 is 0 Å². The molecular formula is C11H20O. The predicted octanol–water partition coefficient (Wildman–Crippen LogP) is 3.23. The molecule has 0 aliphatic heterocycles. The van der Waals surface area contributed by atoms with E-state index in [0.717, 1.165) is 5.92 Å². The van der Waals surface area contributed by atoms with Crippen LogP contribution in [0.25, 0.3) is 0 Å². The molecule has 1 fully saturated rings. The van der Waals surface area contributed by atoms with Crippen LogP contribution in [0.5, 0.6) is 0 Å². The highest BCUT2D eigenvalue weighted by atomic mass is 16.1. The van der Waals surface area contributed by atoms with Crippen molar-refractivity contribution in [3.8, 4) is 0 Å². The summed E-state index contributed by atoms with van der Waals surface area (Å²) in [5.74, 6) is 3.28. The smallest absolute Gasteiger partial charge is 0.120 e. The maximum atomic E-state index is 9.97. The van der Waals surface area contributed by atoms with Gasteiger partial charge in [-0.15, -0.1) is 0 Å². The molecule has 12 heavy (non-hydrogen) atoms. The summed E-state index contributed by atoms with van der Waals surface area (Å²) in [7, 11) is 0. The van der Waals surface area contributed by atoms with Crippen molar-refractivity contribution in [1.29, 1.82) is 0 Å². The van der Waals surface area contributed by atoms with Crippen molar-refractivity contribution in [3.63, 3.8) is 0 Å². The third kappa shape index (κ3) is 4.35. The SMILES string of the molecule is CC.CC1CCC(C=C=O)CC1. The Labute approximate surface area is 75.9 Å². The Morgan fingerprint density at radius 1 is 1.17 bits per heavy atom. The van der Waals surface area contributed by atoms with E-state index in [-0.39, 0.29) is 0 Å². The molecule has 0 unspecified atom stereocenters. The predicted molar refractivity (Wildman–Crippen MR) is 52.7 cm³/mol. The highest BCUT2D eigenvalue weighted by Gasteiger charge is 2.15. The number of hydrogen-bond donors (Lipinski definition) is 0. The van der Waals surface area contributed by atoms with Crippen LogP contribution in [0.1, 0.15) is 46.5 Å². The molecule has 1 heteroatoms. The van der Waals surface area contributed by atoms with Crippen molar-refractivity contribution in [2.45, 2.75) is 46.5 Å². The molecule has 1 saturated carbocycles. The zero-order valence-corrected chi connectivity index (χ0v) is 8.47. The van der Waals surface area contributed by atoms with Crippen LogP contribution in [0.4, 0.5) is 0 Å². The van der Waals surface area contributed by atoms with Crippen LogP contribution in [-0.2, 0) is 4.79 Å². The molecule has 0 radical (unpaired) electrons. The summed E-state index contributed by atoms with van der Waals surface area (Å²) in [6, 6.07) is 0. The van der Waals surface area contributed by atoms with Crippen LogP contribution in [0.2, 0.25) is 0 Å². The Hall–Kier alpha value is -0.550. The molecule has 0 bridgehead atoms. The molecule has 0 N–H and O–H groups in total. The average molecular weight is 168 g/mol. The number of rotatable bonds is 1. The molecule has 0 aromatic heterocycles. The van der Waals surface area contributed by atoms with Crippen molar-refractivity contribution in [2.75, 3.05) is 0 Å². The second-order valence-corrected chi connectivity index (χ2v) is 3.30. The highest BCUT2D eigenvalue weighted by Crippen LogP contribution is 2.28. The first kappa shape index (κ1) is 11.4. The third-order valence-electron chi connectivity index (χ3n) is 2.36. The molecule has 1 aliphatic carbocycles. The van der Waals surface area contributed by atoms with Gasteiger partial charge in [0.25, 0.3) is 0 Å². The van der Waals surface area contributed by atoms with E-state index in [1.54, 1.807) is 6.08 Å². The van der Waals surface area contributed by atoms with Crippen LogP contribution in [0.3, 0.4) is 0 Å². The standard InChI is InChI=1S/C9H14O.C2H6/c1-8-2-4-9(5-3-8)6-7-10;1-2/h6,8-9H,2-5H2,1H3;1-2H3. The fraction of sp³-hybridized carbons (Fsp3) is 0.818. The second-order valence-electron chi connectivity index (χ2n) is 3.30. The van der Waals surface area contributed by atoms with Crippen molar-refractivity contribution in [1.82, 2.24) is 0 Å². The van der Waals surface area contributed by atoms with Crippen molar-refractivity contribution in [2.24, 2.45) is 11.8 Å². The quantitative estimate of drug-likeness (QED) is 0.549. The number of carbonyl (C=O) groups excluding carboxylic acids is 1. The van der Waals surface area contributed by atoms with E-state index < -0.39 is 0 Å². The molecule has 0 spiro atoms. The molecule has 70 valence electrons. The van der Waals surface area contributed by atoms with Gasteiger partial charge in [0.15, 0.2) is 0 Å². The largest absolute Gasteiger partial charge is 0.234 e. The lowest BCUT2D eigenvalue weighted by molar-refractivity contribution is 0.331. The Bertz CT molecular complexity index is 137. The van der Waals surface area contributed by atoms with E-state index in [4.69, 9.17) is 0 Å². The van der Waals surface area contributed by atoms with Gasteiger partial charge in [-0.25, -0.2) is 4.79 Å². The summed E-state index contributed by atoms with van der Waals surface area (Å²) < 4.78 is 0. The zero-order valence-electron chi connectivity index (χ0n) is 8.47. The summed E-state index contributed by atoms with van der Waals surface area (Å²) in [6.45, 7) is 6.28. The molecule has 0 amide bonds. The summed E-state index contributed by atoms with van der Waals surface area (Å²) in [5, 5.41) is 0. The maximum absolute atomic E-state index is 9.97. The minimum absolute atomic E-state index is 0.536. The van der Waals surface area contributed by atoms with Crippen molar-refractivity contribution >= 4 is 5.94 Å². The van der Waals surface area contributed by atoms with E-state index in [1.807, 2.05) is 19.8 Å². The monoisotopic (exact) mass is 168 g/mol. The molecular weight excluding hydrogens is 148 g/mol. The lowest BCUT2D eigenvalue weighted by Gasteiger charge is -2.22. The van der Waals surface area contributed by atoms with Gasteiger partial charge in [0.05, 0.1) is 0 Å². The Morgan fingerprint density at radius 3 is 2.08 bits per heavy atom. The van der Waals surface area contributed by atoms with Gasteiger partial charge < -0.3 is 0 Å². The van der Waals surface area contributed by atoms with Gasteiger partial charge >= 0.3 is 0 Å². The topological polar surface area (TPSA) is 17.1 Å². The van der Waals surface area contributed by atoms with Crippen molar-refractivity contribution < 1.29 is 4.79 Å². The normalized spacial score (nSPS) is 27.9. The molecule has 1 nitrogen and oxygen atoms in total. The van der Waals surface area contributed by atoms with E-state index in [1.165, 1.54) is 25.7 Å². The van der Waals surface area contributed by atoms with E-state index in [2.05, 4.69) is 6.92 Å². The van der Waals surface area contributed by atoms with Crippen LogP contribution in [0.15, 0.2) is 6.08 Å². The second kappa shape index (κ2) is 7.12. The number of hydrogen-bond acceptors (Lipinski definition) is 1. The lowest BCUT2D eigenvalue weighted by atomic mass is 9.83. The summed E-state index contributed by atoms with van der Waals surface area (Å²) >= 11 is 0. The lowest BCUT2D eigenvalue weighted by Crippen LogP contribution is -2.09. The first-order valence-electron chi connectivity index (χ1n) is 5.04. The fourth-order valence-corrected chi connectivity index (χ4v) is 1.55. The van der Waals surface area contributed by atoms with Gasteiger partial charge in [0.1, 0.15) is 5.94 Å². The van der Waals surface area contributed by atoms with Gasteiger partial charge in [0.2, 0.25) is 0 Å². The molecule has 1 aliphatic rings. The van der Waals surface area contributed by atoms with Gasteiger partial charge in [-0.3, -0.25) is 0 Å². The molecule has 0 atom stereocenters. The average Bonchev–Trinajstić information content (AvgIpc) is 2.13. The van der Waals surface area contributed by atoms with E-state index in [0.29, 0.717) is 5.92 Å². The number of allylic oxidation sites excluding steroid dienone is 1. The first-order valence-corrected chi connectivity index (χ1v) is 5.04. The van der Waals surface area contributed by atoms with Gasteiger partial charge in [-0.05, 0) is 24.7 Å². The van der Waals surface area contributed by atoms with Gasteiger partial charge in [-0.1, -0.05) is 33.6 Å². The molecule has 0 heterocycles. The Balaban J connectivity index is 0.000000561. The van der Waals surface area contributed by atoms with Crippen LogP contribution >= 0.6 is 0 Å². The molecule has 0 aromatic carbocycles. The van der Waals surface area contributed by atoms with Crippen molar-refractivity contribution in [3.05, 3.63) is 6.08 Å². The minimum atomic E-state index is 0.536. The Kier molecular flexibility index (Phi) is 6.79. The third-order valence-corrected chi connectivity index (χ3v) is 2.36. The minimum Gasteiger partial charge on any atom is -0.234 e. The summed E-state index contributed by atoms with van der Waals surface area (Å²) in [6.07, 6.45) is 6.63. The van der Waals surface area contributed by atoms with Crippen LogP contribution in [-0.4, -0.2) is 5.94 Å². The van der Waals surface area contributed by atoms with Crippen LogP contribution < -0.4 is 0 Å². The summed E-state index contributed by atoms with van der Waals surface area (Å²) in [4.78, 5) is 9.97. The van der Waals surface area contributed by atoms with Crippen LogP contribution in [0, 0.1) is 11.8 Å². The highest BCUT2D eigenvalue weighted by molar-refractivity contribution is 5.45. The Morgan fingerprint density at radius 2 is 1.67 bits per heavy atom. The summed E-state index contributed by atoms with van der Waals surface area (Å²) in [5.41, 5.74) is 0. The maximum Gasteiger partial charge on any atom is 0.120 e. The molecule has 0 saturated heterocycles. The van der Waals surface area contributed by atoms with E-state index in [9.17, 15) is 4.79 Å². The first-order chi connectivity index (χ1) is 5.83. The van der Waals surface area contributed by atoms with Gasteiger partial charge in [0, 0.05) is 6.08 Å². The molecule has 0 aromatic rings.